The van der Waals surface area contributed by atoms with Crippen LogP contribution >= 0.6 is 11.6 Å². The molecule has 1 aromatic carbocycles. The highest BCUT2D eigenvalue weighted by molar-refractivity contribution is 6.30. The van der Waals surface area contributed by atoms with Crippen LogP contribution in [0.1, 0.15) is 32.6 Å². The van der Waals surface area contributed by atoms with Gasteiger partial charge in [-0.1, -0.05) is 16.8 Å². The molecule has 2 aromatic rings. The molecule has 2 aliphatic heterocycles. The highest BCUT2D eigenvalue weighted by Crippen LogP contribution is 2.28. The van der Waals surface area contributed by atoms with Gasteiger partial charge in [0, 0.05) is 42.7 Å². The molecule has 2 aliphatic rings. The van der Waals surface area contributed by atoms with E-state index in [1.807, 2.05) is 21.9 Å². The average Bonchev–Trinajstić information content (AvgIpc) is 3.30. The highest BCUT2D eigenvalue weighted by atomic mass is 35.5. The van der Waals surface area contributed by atoms with E-state index in [9.17, 15) is 9.59 Å². The second-order valence-corrected chi connectivity index (χ2v) is 8.48. The van der Waals surface area contributed by atoms with Crippen LogP contribution in [0, 0.1) is 11.8 Å². The van der Waals surface area contributed by atoms with Crippen molar-refractivity contribution in [3.05, 3.63) is 29.3 Å². The Hall–Kier alpha value is -2.61. The van der Waals surface area contributed by atoms with E-state index in [0.717, 1.165) is 31.2 Å². The van der Waals surface area contributed by atoms with Gasteiger partial charge in [0.1, 0.15) is 0 Å². The lowest BCUT2D eigenvalue weighted by Crippen LogP contribution is -2.47. The molecule has 9 heteroatoms. The first kappa shape index (κ1) is 21.6. The number of esters is 1. The van der Waals surface area contributed by atoms with E-state index >= 15 is 0 Å². The number of hydrogen-bond acceptors (Lipinski definition) is 7. The summed E-state index contributed by atoms with van der Waals surface area (Å²) >= 11 is 5.93. The van der Waals surface area contributed by atoms with Crippen molar-refractivity contribution in [3.63, 3.8) is 0 Å². The maximum atomic E-state index is 13.0. The molecule has 0 radical (unpaired) electrons. The Morgan fingerprint density at radius 3 is 2.58 bits per heavy atom. The third-order valence-electron chi connectivity index (χ3n) is 5.99. The van der Waals surface area contributed by atoms with Crippen molar-refractivity contribution in [2.24, 2.45) is 11.8 Å². The standard InChI is InChI=1S/C22H27ClN4O4/c1-2-30-21(29)17-4-3-11-27(14-17)20(28)16-9-12-26(13-10-16)22-24-19(25-31-22)15-5-7-18(23)8-6-15/h5-8,16-17H,2-4,9-14H2,1H3/t17-/m0/s1. The molecule has 0 saturated carbocycles. The molecule has 0 spiro atoms. The van der Waals surface area contributed by atoms with Gasteiger partial charge in [0.25, 0.3) is 0 Å². The Kier molecular flexibility index (Phi) is 6.75. The molecule has 0 bridgehead atoms. The summed E-state index contributed by atoms with van der Waals surface area (Å²) in [5, 5.41) is 4.72. The summed E-state index contributed by atoms with van der Waals surface area (Å²) in [6.07, 6.45) is 3.06. The van der Waals surface area contributed by atoms with Crippen LogP contribution in [0.3, 0.4) is 0 Å². The van der Waals surface area contributed by atoms with Crippen molar-refractivity contribution < 1.29 is 18.8 Å². The van der Waals surface area contributed by atoms with E-state index in [0.29, 0.717) is 49.6 Å². The third-order valence-corrected chi connectivity index (χ3v) is 6.24. The lowest BCUT2D eigenvalue weighted by molar-refractivity contribution is -0.152. The number of carbonyl (C=O) groups excluding carboxylic acids is 2. The highest BCUT2D eigenvalue weighted by Gasteiger charge is 2.34. The SMILES string of the molecule is CCOC(=O)[C@H]1CCCN(C(=O)C2CCN(c3nc(-c4ccc(Cl)cc4)no3)CC2)C1. The first-order valence-corrected chi connectivity index (χ1v) is 11.2. The number of piperidine rings is 2. The minimum absolute atomic E-state index is 0.0455. The fourth-order valence-corrected chi connectivity index (χ4v) is 4.39. The van der Waals surface area contributed by atoms with Crippen LogP contribution in [0.4, 0.5) is 6.01 Å². The van der Waals surface area contributed by atoms with E-state index < -0.39 is 0 Å². The molecular weight excluding hydrogens is 420 g/mol. The Bertz CT molecular complexity index is 908. The number of benzene rings is 1. The van der Waals surface area contributed by atoms with Crippen LogP contribution in [0.15, 0.2) is 28.8 Å². The van der Waals surface area contributed by atoms with Crippen molar-refractivity contribution in [2.75, 3.05) is 37.7 Å². The van der Waals surface area contributed by atoms with Gasteiger partial charge in [-0.25, -0.2) is 0 Å². The molecule has 0 aliphatic carbocycles. The number of aromatic nitrogens is 2. The van der Waals surface area contributed by atoms with E-state index in [-0.39, 0.29) is 23.7 Å². The van der Waals surface area contributed by atoms with Gasteiger partial charge in [0.15, 0.2) is 0 Å². The Morgan fingerprint density at radius 1 is 1.13 bits per heavy atom. The molecule has 2 fully saturated rings. The van der Waals surface area contributed by atoms with E-state index in [4.69, 9.17) is 20.9 Å². The molecule has 4 rings (SSSR count). The van der Waals surface area contributed by atoms with Crippen molar-refractivity contribution in [2.45, 2.75) is 32.6 Å². The number of likely N-dealkylation sites (tertiary alicyclic amines) is 1. The second kappa shape index (κ2) is 9.68. The van der Waals surface area contributed by atoms with Crippen LogP contribution in [-0.2, 0) is 14.3 Å². The molecule has 0 N–H and O–H groups in total. The van der Waals surface area contributed by atoms with Crippen molar-refractivity contribution in [3.8, 4) is 11.4 Å². The number of hydrogen-bond donors (Lipinski definition) is 0. The molecule has 0 unspecified atom stereocenters. The van der Waals surface area contributed by atoms with Gasteiger partial charge in [-0.05, 0) is 56.9 Å². The normalized spacial score (nSPS) is 20.0. The van der Waals surface area contributed by atoms with Crippen LogP contribution < -0.4 is 4.90 Å². The van der Waals surface area contributed by atoms with Crippen LogP contribution in [0.5, 0.6) is 0 Å². The van der Waals surface area contributed by atoms with Gasteiger partial charge in [-0.2, -0.15) is 4.98 Å². The molecule has 1 atom stereocenters. The molecule has 166 valence electrons. The number of ether oxygens (including phenoxy) is 1. The maximum absolute atomic E-state index is 13.0. The number of anilines is 1. The van der Waals surface area contributed by atoms with Gasteiger partial charge >= 0.3 is 12.0 Å². The number of rotatable bonds is 5. The lowest BCUT2D eigenvalue weighted by Gasteiger charge is -2.36. The first-order valence-electron chi connectivity index (χ1n) is 10.8. The second-order valence-electron chi connectivity index (χ2n) is 8.04. The lowest BCUT2D eigenvalue weighted by atomic mass is 9.92. The Balaban J connectivity index is 1.32. The van der Waals surface area contributed by atoms with Crippen molar-refractivity contribution in [1.29, 1.82) is 0 Å². The largest absolute Gasteiger partial charge is 0.466 e. The topological polar surface area (TPSA) is 88.8 Å². The summed E-state index contributed by atoms with van der Waals surface area (Å²) in [5.41, 5.74) is 0.839. The summed E-state index contributed by atoms with van der Waals surface area (Å²) in [7, 11) is 0. The smallest absolute Gasteiger partial charge is 0.324 e. The number of carbonyl (C=O) groups is 2. The fraction of sp³-hybridized carbons (Fsp3) is 0.545. The zero-order valence-electron chi connectivity index (χ0n) is 17.6. The van der Waals surface area contributed by atoms with Gasteiger partial charge in [-0.15, -0.1) is 0 Å². The number of nitrogens with zero attached hydrogens (tertiary/aromatic N) is 4. The van der Waals surface area contributed by atoms with E-state index in [1.54, 1.807) is 19.1 Å². The summed E-state index contributed by atoms with van der Waals surface area (Å²) in [6.45, 7) is 4.70. The number of halogens is 1. The van der Waals surface area contributed by atoms with Gasteiger partial charge < -0.3 is 19.1 Å². The average molecular weight is 447 g/mol. The fourth-order valence-electron chi connectivity index (χ4n) is 4.27. The quantitative estimate of drug-likeness (QED) is 0.650. The Morgan fingerprint density at radius 2 is 1.87 bits per heavy atom. The molecule has 31 heavy (non-hydrogen) atoms. The summed E-state index contributed by atoms with van der Waals surface area (Å²) < 4.78 is 10.6. The molecule has 8 nitrogen and oxygen atoms in total. The van der Waals surface area contributed by atoms with E-state index in [1.165, 1.54) is 0 Å². The minimum Gasteiger partial charge on any atom is -0.466 e. The van der Waals surface area contributed by atoms with E-state index in [2.05, 4.69) is 10.1 Å². The van der Waals surface area contributed by atoms with Crippen LogP contribution in [0.2, 0.25) is 5.02 Å². The predicted molar refractivity (Wildman–Crippen MR) is 116 cm³/mol. The van der Waals surface area contributed by atoms with Crippen molar-refractivity contribution in [1.82, 2.24) is 15.0 Å². The van der Waals surface area contributed by atoms with Crippen LogP contribution in [0.25, 0.3) is 11.4 Å². The van der Waals surface area contributed by atoms with Gasteiger partial charge in [0.05, 0.1) is 12.5 Å². The maximum Gasteiger partial charge on any atom is 0.324 e. The molecule has 3 heterocycles. The van der Waals surface area contributed by atoms with Gasteiger partial charge in [0.2, 0.25) is 11.7 Å². The van der Waals surface area contributed by atoms with Crippen molar-refractivity contribution >= 4 is 29.5 Å². The Labute approximate surface area is 186 Å². The minimum atomic E-state index is -0.206. The first-order chi connectivity index (χ1) is 15.0. The summed E-state index contributed by atoms with van der Waals surface area (Å²) in [5.74, 6) is 0.213. The summed E-state index contributed by atoms with van der Waals surface area (Å²) in [6, 6.07) is 7.75. The van der Waals surface area contributed by atoms with Gasteiger partial charge in [-0.3, -0.25) is 9.59 Å². The summed E-state index contributed by atoms with van der Waals surface area (Å²) in [4.78, 5) is 33.5. The predicted octanol–water partition coefficient (Wildman–Crippen LogP) is 3.41. The molecular formula is C22H27ClN4O4. The monoisotopic (exact) mass is 446 g/mol. The molecule has 1 amide bonds. The third kappa shape index (κ3) is 5.01. The molecule has 1 aromatic heterocycles. The number of amides is 1. The zero-order valence-corrected chi connectivity index (χ0v) is 18.4. The zero-order chi connectivity index (χ0) is 21.8. The molecule has 2 saturated heterocycles. The van der Waals surface area contributed by atoms with Crippen LogP contribution in [-0.4, -0.2) is 59.7 Å².